The van der Waals surface area contributed by atoms with Crippen LogP contribution in [0.2, 0.25) is 0 Å². The fraction of sp³-hybridized carbons (Fsp3) is 0.955. The first-order valence-corrected chi connectivity index (χ1v) is 11.2. The van der Waals surface area contributed by atoms with Crippen molar-refractivity contribution in [1.29, 1.82) is 0 Å². The number of hydrogen-bond donors (Lipinski definition) is 1. The molecule has 5 heteroatoms. The van der Waals surface area contributed by atoms with E-state index in [1.807, 2.05) is 13.8 Å². The lowest BCUT2D eigenvalue weighted by molar-refractivity contribution is -0.137. The van der Waals surface area contributed by atoms with E-state index < -0.39 is 17.2 Å². The average Bonchev–Trinajstić information content (AvgIpc) is 2.84. The quantitative estimate of drug-likeness (QED) is 0.318. The van der Waals surface area contributed by atoms with Crippen molar-refractivity contribution in [3.63, 3.8) is 0 Å². The van der Waals surface area contributed by atoms with E-state index in [2.05, 4.69) is 6.92 Å². The Hall–Kier alpha value is -0.650. The number of carboxylic acid groups (broad SMARTS) is 1. The van der Waals surface area contributed by atoms with E-state index in [0.717, 1.165) is 17.9 Å². The number of ether oxygens (including phenoxy) is 1. The molecule has 1 aliphatic heterocycles. The van der Waals surface area contributed by atoms with Crippen LogP contribution in [0, 0.1) is 5.21 Å². The molecule has 0 aromatic heterocycles. The minimum absolute atomic E-state index is 0.0949. The summed E-state index contributed by atoms with van der Waals surface area (Å²) in [5.41, 5.74) is -1.35. The highest BCUT2D eigenvalue weighted by atomic mass is 16.6. The van der Waals surface area contributed by atoms with Gasteiger partial charge in [0.15, 0.2) is 0 Å². The maximum atomic E-state index is 12.8. The molecule has 1 saturated heterocycles. The van der Waals surface area contributed by atoms with Gasteiger partial charge in [0.05, 0.1) is 6.61 Å². The van der Waals surface area contributed by atoms with Crippen molar-refractivity contribution < 1.29 is 14.6 Å². The SMILES string of the molecule is CCCCCCCCCCCCC[C@@]1(CCCC(=O)O)OCC(C)(C)N1[O-]. The van der Waals surface area contributed by atoms with Crippen LogP contribution in [0.5, 0.6) is 0 Å². The molecule has 0 aliphatic carbocycles. The summed E-state index contributed by atoms with van der Waals surface area (Å²) in [6.45, 7) is 6.47. The molecular weight excluding hydrogens is 342 g/mol. The zero-order valence-corrected chi connectivity index (χ0v) is 17.9. The van der Waals surface area contributed by atoms with Crippen LogP contribution in [0.4, 0.5) is 0 Å². The Morgan fingerprint density at radius 2 is 1.41 bits per heavy atom. The molecule has 160 valence electrons. The Labute approximate surface area is 166 Å². The minimum Gasteiger partial charge on any atom is -0.783 e. The van der Waals surface area contributed by atoms with Gasteiger partial charge in [-0.25, -0.2) is 0 Å². The number of hydroxylamine groups is 2. The van der Waals surface area contributed by atoms with E-state index in [9.17, 15) is 10.0 Å². The second-order valence-corrected chi connectivity index (χ2v) is 8.87. The number of rotatable bonds is 16. The second-order valence-electron chi connectivity index (χ2n) is 8.87. The zero-order valence-electron chi connectivity index (χ0n) is 17.9. The molecule has 1 N–H and O–H groups in total. The molecule has 1 aliphatic rings. The fourth-order valence-corrected chi connectivity index (χ4v) is 4.03. The van der Waals surface area contributed by atoms with Crippen molar-refractivity contribution in [2.45, 2.75) is 128 Å². The molecular formula is C22H42NO4-. The second kappa shape index (κ2) is 12.7. The van der Waals surface area contributed by atoms with Gasteiger partial charge in [0.1, 0.15) is 5.72 Å². The van der Waals surface area contributed by atoms with Gasteiger partial charge in [0.2, 0.25) is 0 Å². The van der Waals surface area contributed by atoms with E-state index in [1.165, 1.54) is 57.8 Å². The molecule has 5 nitrogen and oxygen atoms in total. The summed E-state index contributed by atoms with van der Waals surface area (Å²) in [7, 11) is 0. The molecule has 0 radical (unpaired) electrons. The first kappa shape index (κ1) is 24.4. The average molecular weight is 385 g/mol. The predicted molar refractivity (Wildman–Crippen MR) is 111 cm³/mol. The van der Waals surface area contributed by atoms with E-state index in [4.69, 9.17) is 9.84 Å². The molecule has 0 spiro atoms. The van der Waals surface area contributed by atoms with Crippen LogP contribution in [-0.2, 0) is 9.53 Å². The standard InChI is InChI=1S/C22H42NO4/c1-4-5-6-7-8-9-10-11-12-13-14-17-22(18-15-16-20(24)25)23(26)21(2,3)19-27-22/h4-19H2,1-3H3,(H,24,25)/q-1/t22-/m0/s1. The van der Waals surface area contributed by atoms with Gasteiger partial charge >= 0.3 is 5.97 Å². The monoisotopic (exact) mass is 384 g/mol. The lowest BCUT2D eigenvalue weighted by Gasteiger charge is -2.47. The van der Waals surface area contributed by atoms with Gasteiger partial charge in [0.25, 0.3) is 0 Å². The van der Waals surface area contributed by atoms with Gasteiger partial charge in [-0.1, -0.05) is 71.1 Å². The summed E-state index contributed by atoms with van der Waals surface area (Å²) in [4.78, 5) is 10.8. The third-order valence-corrected chi connectivity index (χ3v) is 5.74. The van der Waals surface area contributed by atoms with Crippen LogP contribution in [0.1, 0.15) is 117 Å². The Morgan fingerprint density at radius 1 is 0.926 bits per heavy atom. The van der Waals surface area contributed by atoms with Gasteiger partial charge in [-0.15, -0.1) is 0 Å². The van der Waals surface area contributed by atoms with Crippen LogP contribution in [0.15, 0.2) is 0 Å². The highest BCUT2D eigenvalue weighted by molar-refractivity contribution is 5.66. The third-order valence-electron chi connectivity index (χ3n) is 5.74. The van der Waals surface area contributed by atoms with Gasteiger partial charge in [0, 0.05) is 12.0 Å². The number of nitrogens with zero attached hydrogens (tertiary/aromatic N) is 1. The maximum absolute atomic E-state index is 12.8. The number of carboxylic acids is 1. The molecule has 1 rings (SSSR count). The number of carbonyl (C=O) groups is 1. The van der Waals surface area contributed by atoms with Crippen molar-refractivity contribution >= 4 is 5.97 Å². The molecule has 0 aromatic carbocycles. The summed E-state index contributed by atoms with van der Waals surface area (Å²) >= 11 is 0. The van der Waals surface area contributed by atoms with Crippen molar-refractivity contribution in [3.05, 3.63) is 5.21 Å². The summed E-state index contributed by atoms with van der Waals surface area (Å²) in [6.07, 6.45) is 15.8. The molecule has 0 bridgehead atoms. The van der Waals surface area contributed by atoms with E-state index in [1.54, 1.807) is 0 Å². The summed E-state index contributed by atoms with van der Waals surface area (Å²) in [6, 6.07) is 0. The smallest absolute Gasteiger partial charge is 0.303 e. The number of unbranched alkanes of at least 4 members (excludes halogenated alkanes) is 10. The van der Waals surface area contributed by atoms with Crippen LogP contribution in [0.25, 0.3) is 0 Å². The molecule has 27 heavy (non-hydrogen) atoms. The Morgan fingerprint density at radius 3 is 1.85 bits per heavy atom. The lowest BCUT2D eigenvalue weighted by Crippen LogP contribution is -2.48. The summed E-state index contributed by atoms with van der Waals surface area (Å²) in [5, 5.41) is 22.8. The first-order chi connectivity index (χ1) is 12.8. The minimum atomic E-state index is -0.821. The van der Waals surface area contributed by atoms with Crippen molar-refractivity contribution in [1.82, 2.24) is 5.06 Å². The van der Waals surface area contributed by atoms with Crippen LogP contribution < -0.4 is 0 Å². The van der Waals surface area contributed by atoms with Gasteiger partial charge in [-0.2, -0.15) is 0 Å². The van der Waals surface area contributed by atoms with Gasteiger partial charge < -0.3 is 20.1 Å². The van der Waals surface area contributed by atoms with Gasteiger partial charge in [-0.3, -0.25) is 4.79 Å². The highest BCUT2D eigenvalue weighted by Gasteiger charge is 2.45. The third kappa shape index (κ3) is 8.93. The Balaban J connectivity index is 2.23. The van der Waals surface area contributed by atoms with E-state index in [0.29, 0.717) is 25.9 Å². The highest BCUT2D eigenvalue weighted by Crippen LogP contribution is 2.41. The van der Waals surface area contributed by atoms with Crippen LogP contribution in [-0.4, -0.2) is 34.0 Å². The van der Waals surface area contributed by atoms with Gasteiger partial charge in [-0.05, 0) is 39.5 Å². The van der Waals surface area contributed by atoms with E-state index in [-0.39, 0.29) is 6.42 Å². The zero-order chi connectivity index (χ0) is 20.2. The predicted octanol–water partition coefficient (Wildman–Crippen LogP) is 6.25. The Bertz CT molecular complexity index is 413. The fourth-order valence-electron chi connectivity index (χ4n) is 4.03. The summed E-state index contributed by atoms with van der Waals surface area (Å²) < 4.78 is 5.96. The van der Waals surface area contributed by atoms with Crippen molar-refractivity contribution in [2.75, 3.05) is 6.61 Å². The topological polar surface area (TPSA) is 72.8 Å². The molecule has 1 heterocycles. The molecule has 0 aromatic rings. The molecule has 1 fully saturated rings. The molecule has 0 amide bonds. The number of hydrogen-bond acceptors (Lipinski definition) is 4. The Kier molecular flexibility index (Phi) is 11.5. The number of aliphatic carboxylic acids is 1. The summed E-state index contributed by atoms with van der Waals surface area (Å²) in [5.74, 6) is -0.811. The molecule has 0 unspecified atom stereocenters. The first-order valence-electron chi connectivity index (χ1n) is 11.2. The largest absolute Gasteiger partial charge is 0.783 e. The van der Waals surface area contributed by atoms with Crippen molar-refractivity contribution in [3.8, 4) is 0 Å². The van der Waals surface area contributed by atoms with Crippen molar-refractivity contribution in [2.24, 2.45) is 0 Å². The van der Waals surface area contributed by atoms with Crippen LogP contribution >= 0.6 is 0 Å². The molecule has 1 atom stereocenters. The molecule has 0 saturated carbocycles. The normalized spacial score (nSPS) is 22.4. The van der Waals surface area contributed by atoms with Crippen LogP contribution in [0.3, 0.4) is 0 Å². The maximum Gasteiger partial charge on any atom is 0.303 e. The van der Waals surface area contributed by atoms with E-state index >= 15 is 0 Å². The lowest BCUT2D eigenvalue weighted by atomic mass is 9.95.